The number of nitrogens with one attached hydrogen (secondary N) is 1. The number of carbonyl (C=O) groups is 3. The van der Waals surface area contributed by atoms with Gasteiger partial charge in [0.15, 0.2) is 8.32 Å². The van der Waals surface area contributed by atoms with Gasteiger partial charge in [-0.05, 0) is 42.2 Å². The molecule has 1 aliphatic heterocycles. The van der Waals surface area contributed by atoms with Crippen LogP contribution < -0.4 is 5.32 Å². The number of hydrogen-bond donors (Lipinski definition) is 1. The van der Waals surface area contributed by atoms with Crippen molar-refractivity contribution in [1.29, 1.82) is 0 Å². The fraction of sp³-hybridized carbons (Fsp3) is 0.565. The Hall–Kier alpha value is -3.21. The van der Waals surface area contributed by atoms with Crippen molar-refractivity contribution in [3.8, 4) is 0 Å². The van der Waals surface area contributed by atoms with Crippen LogP contribution in [0.25, 0.3) is 5.53 Å². The van der Waals surface area contributed by atoms with E-state index in [4.69, 9.17) is 9.16 Å². The van der Waals surface area contributed by atoms with Crippen LogP contribution >= 0.6 is 0 Å². The molecule has 0 spiro atoms. The van der Waals surface area contributed by atoms with Gasteiger partial charge >= 0.3 is 11.7 Å². The number of rotatable bonds is 11. The van der Waals surface area contributed by atoms with Gasteiger partial charge in [-0.3, -0.25) is 19.7 Å². The Morgan fingerprint density at radius 1 is 1.26 bits per heavy atom. The lowest BCUT2D eigenvalue weighted by Crippen LogP contribution is -2.63. The van der Waals surface area contributed by atoms with Crippen LogP contribution in [0.3, 0.4) is 0 Å². The SMILES string of the molecule is C[C@@H](C(=O)C(=[N+]=[N-])C(=O)OCc1ccc([N+](=O)[O-])cc1)[C@H]1NC(=O)[C@@H]1CCO[Si](C)(C)C(C)(C)C. The second-order valence-corrected chi connectivity index (χ2v) is 14.9. The Labute approximate surface area is 205 Å². The molecule has 1 fully saturated rings. The minimum Gasteiger partial charge on any atom is -0.452 e. The molecule has 12 heteroatoms. The second kappa shape index (κ2) is 11.0. The molecule has 1 saturated heterocycles. The molecule has 3 atom stereocenters. The monoisotopic (exact) mass is 504 g/mol. The zero-order chi connectivity index (χ0) is 26.6. The first-order valence-electron chi connectivity index (χ1n) is 11.3. The van der Waals surface area contributed by atoms with Crippen molar-refractivity contribution in [2.75, 3.05) is 6.61 Å². The number of nitrogens with zero attached hydrogens (tertiary/aromatic N) is 3. The molecule has 0 aliphatic carbocycles. The fourth-order valence-corrected chi connectivity index (χ4v) is 4.44. The van der Waals surface area contributed by atoms with Crippen molar-refractivity contribution >= 4 is 37.4 Å². The summed E-state index contributed by atoms with van der Waals surface area (Å²) in [6, 6.07) is 4.80. The largest absolute Gasteiger partial charge is 0.452 e. The number of amides is 1. The number of ketones is 1. The van der Waals surface area contributed by atoms with E-state index in [-0.39, 0.29) is 23.2 Å². The number of ether oxygens (including phenoxy) is 1. The van der Waals surface area contributed by atoms with Crippen LogP contribution in [-0.4, -0.2) is 54.1 Å². The summed E-state index contributed by atoms with van der Waals surface area (Å²) in [6.45, 7) is 12.2. The average Bonchev–Trinajstić information content (AvgIpc) is 2.78. The maximum atomic E-state index is 12.9. The Balaban J connectivity index is 1.96. The van der Waals surface area contributed by atoms with Crippen molar-refractivity contribution in [3.05, 3.63) is 45.5 Å². The van der Waals surface area contributed by atoms with E-state index in [2.05, 4.69) is 44.0 Å². The Morgan fingerprint density at radius 2 is 1.86 bits per heavy atom. The molecule has 0 bridgehead atoms. The van der Waals surface area contributed by atoms with E-state index in [0.717, 1.165) is 0 Å². The first-order valence-corrected chi connectivity index (χ1v) is 14.2. The van der Waals surface area contributed by atoms with Gasteiger partial charge in [0, 0.05) is 24.7 Å². The Bertz CT molecular complexity index is 1040. The van der Waals surface area contributed by atoms with Gasteiger partial charge in [-0.2, -0.15) is 4.79 Å². The van der Waals surface area contributed by atoms with Crippen LogP contribution in [0.1, 0.15) is 39.7 Å². The first kappa shape index (κ1) is 28.0. The van der Waals surface area contributed by atoms with E-state index in [0.29, 0.717) is 18.6 Å². The normalized spacial score (nSPS) is 18.5. The summed E-state index contributed by atoms with van der Waals surface area (Å²) in [5.74, 6) is -3.39. The zero-order valence-corrected chi connectivity index (χ0v) is 21.9. The third kappa shape index (κ3) is 6.68. The summed E-state index contributed by atoms with van der Waals surface area (Å²) >= 11 is 0. The fourth-order valence-electron chi connectivity index (χ4n) is 3.38. The highest BCUT2D eigenvalue weighted by Crippen LogP contribution is 2.37. The highest BCUT2D eigenvalue weighted by Gasteiger charge is 2.48. The molecule has 1 heterocycles. The van der Waals surface area contributed by atoms with Crippen molar-refractivity contribution < 1.29 is 33.3 Å². The van der Waals surface area contributed by atoms with Crippen LogP contribution in [0.4, 0.5) is 5.69 Å². The average molecular weight is 505 g/mol. The molecule has 0 saturated carbocycles. The van der Waals surface area contributed by atoms with Crippen molar-refractivity contribution in [3.63, 3.8) is 0 Å². The molecule has 0 radical (unpaired) electrons. The number of β-lactam (4-membered cyclic amide) rings is 1. The molecule has 1 N–H and O–H groups in total. The van der Waals surface area contributed by atoms with Gasteiger partial charge in [-0.25, -0.2) is 4.79 Å². The molecular weight excluding hydrogens is 472 g/mol. The van der Waals surface area contributed by atoms with E-state index < -0.39 is 48.6 Å². The molecule has 0 aromatic heterocycles. The lowest BCUT2D eigenvalue weighted by molar-refractivity contribution is -0.384. The predicted molar refractivity (Wildman–Crippen MR) is 129 cm³/mol. The van der Waals surface area contributed by atoms with Crippen LogP contribution in [0.2, 0.25) is 18.1 Å². The van der Waals surface area contributed by atoms with E-state index in [1.807, 2.05) is 0 Å². The van der Waals surface area contributed by atoms with Crippen LogP contribution in [0.15, 0.2) is 24.3 Å². The van der Waals surface area contributed by atoms with Crippen molar-refractivity contribution in [1.82, 2.24) is 5.32 Å². The first-order chi connectivity index (χ1) is 16.2. The smallest absolute Gasteiger partial charge is 0.441 e. The maximum absolute atomic E-state index is 12.9. The molecule has 1 aromatic rings. The summed E-state index contributed by atoms with van der Waals surface area (Å²) in [4.78, 5) is 50.4. The molecule has 190 valence electrons. The van der Waals surface area contributed by atoms with Crippen molar-refractivity contribution in [2.24, 2.45) is 11.8 Å². The van der Waals surface area contributed by atoms with E-state index >= 15 is 0 Å². The Morgan fingerprint density at radius 3 is 2.34 bits per heavy atom. The maximum Gasteiger partial charge on any atom is 0.441 e. The van der Waals surface area contributed by atoms with Crippen LogP contribution in [0.5, 0.6) is 0 Å². The number of Topliss-reactive ketones (excluding diaryl/α,β-unsaturated/α-hetero) is 1. The third-order valence-electron chi connectivity index (χ3n) is 6.77. The van der Waals surface area contributed by atoms with Gasteiger partial charge in [0.1, 0.15) is 6.61 Å². The molecule has 2 rings (SSSR count). The zero-order valence-electron chi connectivity index (χ0n) is 20.9. The predicted octanol–water partition coefficient (Wildman–Crippen LogP) is 3.04. The summed E-state index contributed by atoms with van der Waals surface area (Å²) < 4.78 is 11.2. The van der Waals surface area contributed by atoms with Gasteiger partial charge < -0.3 is 20.0 Å². The van der Waals surface area contributed by atoms with Gasteiger partial charge in [0.25, 0.3) is 11.5 Å². The summed E-state index contributed by atoms with van der Waals surface area (Å²) in [6.07, 6.45) is 0.427. The molecule has 1 aliphatic rings. The summed E-state index contributed by atoms with van der Waals surface area (Å²) in [5.41, 5.74) is 8.85. The number of hydrogen-bond acceptors (Lipinski definition) is 7. The summed E-state index contributed by atoms with van der Waals surface area (Å²) in [7, 11) is -1.98. The van der Waals surface area contributed by atoms with Gasteiger partial charge in [-0.1, -0.05) is 27.7 Å². The molecule has 1 aromatic carbocycles. The number of benzene rings is 1. The minimum atomic E-state index is -1.98. The standard InChI is InChI=1S/C23H32N4O7Si/c1-14(18-17(21(29)25-18)11-12-34-35(5,6)23(2,3)4)20(28)19(26-24)22(30)33-13-15-7-9-16(10-8-15)27(31)32/h7-10,14,17-18H,11-13H2,1-6H3,(H,25,29)/t14-,17-,18-/m1/s1. The van der Waals surface area contributed by atoms with Gasteiger partial charge in [0.05, 0.1) is 16.9 Å². The highest BCUT2D eigenvalue weighted by atomic mass is 28.4. The molecule has 35 heavy (non-hydrogen) atoms. The number of nitro benzene ring substituents is 1. The molecular formula is C23H32N4O7Si. The number of nitro groups is 1. The van der Waals surface area contributed by atoms with E-state index in [9.17, 15) is 30.0 Å². The Kier molecular flexibility index (Phi) is 8.82. The van der Waals surface area contributed by atoms with Gasteiger partial charge in [-0.15, -0.1) is 0 Å². The quantitative estimate of drug-likeness (QED) is 0.0557. The highest BCUT2D eigenvalue weighted by molar-refractivity contribution is 6.74. The lowest BCUT2D eigenvalue weighted by Gasteiger charge is -2.41. The number of non-ortho nitro benzene ring substituents is 1. The number of esters is 1. The lowest BCUT2D eigenvalue weighted by atomic mass is 9.77. The van der Waals surface area contributed by atoms with Crippen LogP contribution in [0, 0.1) is 22.0 Å². The molecule has 11 nitrogen and oxygen atoms in total. The van der Waals surface area contributed by atoms with Crippen molar-refractivity contribution in [2.45, 2.75) is 64.9 Å². The third-order valence-corrected chi connectivity index (χ3v) is 11.3. The van der Waals surface area contributed by atoms with E-state index in [1.165, 1.54) is 24.3 Å². The minimum absolute atomic E-state index is 0.0266. The molecule has 0 unspecified atom stereocenters. The topological polar surface area (TPSA) is 161 Å². The van der Waals surface area contributed by atoms with E-state index in [1.54, 1.807) is 6.92 Å². The number of carbonyl (C=O) groups excluding carboxylic acids is 3. The second-order valence-electron chi connectivity index (χ2n) is 10.1. The van der Waals surface area contributed by atoms with Crippen LogP contribution in [-0.2, 0) is 30.2 Å². The summed E-state index contributed by atoms with van der Waals surface area (Å²) in [5, 5.41) is 13.4. The van der Waals surface area contributed by atoms with Gasteiger partial charge in [0.2, 0.25) is 5.91 Å². The molecule has 1 amide bonds.